The van der Waals surface area contributed by atoms with Crippen molar-refractivity contribution in [2.45, 2.75) is 24.5 Å². The van der Waals surface area contributed by atoms with Gasteiger partial charge in [0.1, 0.15) is 11.6 Å². The number of amides is 2. The summed E-state index contributed by atoms with van der Waals surface area (Å²) in [7, 11) is 0. The average Bonchev–Trinajstić information content (AvgIpc) is 3.13. The highest BCUT2D eigenvalue weighted by atomic mass is 16.5. The van der Waals surface area contributed by atoms with Crippen LogP contribution in [0.25, 0.3) is 0 Å². The fourth-order valence-corrected chi connectivity index (χ4v) is 2.64. The maximum Gasteiger partial charge on any atom is 0.268 e. The van der Waals surface area contributed by atoms with Crippen molar-refractivity contribution in [1.82, 2.24) is 16.1 Å². The summed E-state index contributed by atoms with van der Waals surface area (Å²) in [4.78, 5) is 24.3. The minimum Gasteiger partial charge on any atom is -0.395 e. The van der Waals surface area contributed by atoms with Crippen LogP contribution in [0.3, 0.4) is 0 Å². The molecule has 1 aliphatic heterocycles. The molecule has 1 aromatic rings. The van der Waals surface area contributed by atoms with Crippen LogP contribution in [0.5, 0.6) is 0 Å². The second kappa shape index (κ2) is 9.72. The first-order valence-corrected chi connectivity index (χ1v) is 8.38. The Morgan fingerprint density at radius 3 is 2.59 bits per heavy atom. The molecule has 1 aromatic carbocycles. The number of hydrogen-bond acceptors (Lipinski definition) is 6. The third-order valence-corrected chi connectivity index (χ3v) is 4.09. The molecule has 2 atom stereocenters. The topological polar surface area (TPSA) is 131 Å². The molecule has 1 fully saturated rings. The molecule has 0 radical (unpaired) electrons. The maximum atomic E-state index is 12.4. The van der Waals surface area contributed by atoms with Crippen molar-refractivity contribution < 1.29 is 25.0 Å². The van der Waals surface area contributed by atoms with Crippen molar-refractivity contribution in [2.75, 3.05) is 19.7 Å². The second-order valence-corrected chi connectivity index (χ2v) is 6.02. The third-order valence-electron chi connectivity index (χ3n) is 4.09. The summed E-state index contributed by atoms with van der Waals surface area (Å²) in [6.07, 6.45) is 0.620. The fraction of sp³-hybridized carbons (Fsp3) is 0.368. The van der Waals surface area contributed by atoms with Gasteiger partial charge in [-0.15, -0.1) is 0 Å². The minimum atomic E-state index is -1.48. The molecular formula is C19H21N3O5. The Morgan fingerprint density at radius 2 is 2.00 bits per heavy atom. The van der Waals surface area contributed by atoms with E-state index in [0.29, 0.717) is 18.5 Å². The van der Waals surface area contributed by atoms with Crippen LogP contribution in [0, 0.1) is 23.7 Å². The number of hydrogen-bond donors (Lipinski definition) is 6. The van der Waals surface area contributed by atoms with Crippen LogP contribution in [0.15, 0.2) is 24.3 Å². The van der Waals surface area contributed by atoms with Gasteiger partial charge in [0.15, 0.2) is 0 Å². The van der Waals surface area contributed by atoms with E-state index in [4.69, 9.17) is 10.3 Å². The number of aliphatic hydroxyl groups excluding tert-OH is 1. The Morgan fingerprint density at radius 1 is 1.26 bits per heavy atom. The van der Waals surface area contributed by atoms with E-state index in [1.54, 1.807) is 12.1 Å². The standard InChI is InChI=1S/C19H21N3O5/c23-12-4-2-1-3-5-14-6-8-15(9-7-14)17(24)21-16(18(25)22-27)19(26)10-11-20-13-19/h6-9,16,20,23,26-27H,4,10-13H2,(H,21,24)(H,22,25)/t16-,19+/m1/s1. The van der Waals surface area contributed by atoms with Gasteiger partial charge < -0.3 is 20.8 Å². The van der Waals surface area contributed by atoms with Gasteiger partial charge in [0, 0.05) is 24.1 Å². The summed E-state index contributed by atoms with van der Waals surface area (Å²) < 4.78 is 0. The van der Waals surface area contributed by atoms with Crippen LogP contribution in [-0.4, -0.2) is 58.6 Å². The van der Waals surface area contributed by atoms with E-state index in [1.165, 1.54) is 17.6 Å². The Labute approximate surface area is 156 Å². The second-order valence-electron chi connectivity index (χ2n) is 6.02. The van der Waals surface area contributed by atoms with E-state index in [-0.39, 0.29) is 25.1 Å². The molecule has 8 nitrogen and oxygen atoms in total. The number of aliphatic hydroxyl groups is 2. The molecule has 1 heterocycles. The molecule has 0 bridgehead atoms. The van der Waals surface area contributed by atoms with Crippen LogP contribution in [0.1, 0.15) is 28.8 Å². The Balaban J connectivity index is 2.07. The predicted molar refractivity (Wildman–Crippen MR) is 96.4 cm³/mol. The highest BCUT2D eigenvalue weighted by Crippen LogP contribution is 2.20. The Hall–Kier alpha value is -2.88. The lowest BCUT2D eigenvalue weighted by atomic mass is 9.92. The highest BCUT2D eigenvalue weighted by Gasteiger charge is 2.44. The van der Waals surface area contributed by atoms with Crippen molar-refractivity contribution in [2.24, 2.45) is 0 Å². The summed E-state index contributed by atoms with van der Waals surface area (Å²) in [6.45, 7) is 0.604. The van der Waals surface area contributed by atoms with Gasteiger partial charge in [-0.25, -0.2) is 5.48 Å². The summed E-state index contributed by atoms with van der Waals surface area (Å²) in [6, 6.07) is 5.02. The van der Waals surface area contributed by atoms with Gasteiger partial charge >= 0.3 is 0 Å². The van der Waals surface area contributed by atoms with Gasteiger partial charge in [0.2, 0.25) is 0 Å². The zero-order chi connectivity index (χ0) is 19.7. The van der Waals surface area contributed by atoms with Crippen LogP contribution in [-0.2, 0) is 4.79 Å². The Kier molecular flexibility index (Phi) is 7.35. The molecule has 1 aliphatic rings. The van der Waals surface area contributed by atoms with Gasteiger partial charge in [-0.1, -0.05) is 11.8 Å². The number of nitrogens with one attached hydrogen (secondary N) is 3. The monoisotopic (exact) mass is 371 g/mol. The Bertz CT molecular complexity index is 793. The first kappa shape index (κ1) is 20.4. The van der Waals surface area contributed by atoms with Crippen LogP contribution >= 0.6 is 0 Å². The summed E-state index contributed by atoms with van der Waals surface area (Å²) in [5.74, 6) is 9.27. The third kappa shape index (κ3) is 5.55. The fourth-order valence-electron chi connectivity index (χ4n) is 2.64. The number of carbonyl (C=O) groups is 2. The molecule has 8 heteroatoms. The van der Waals surface area contributed by atoms with E-state index < -0.39 is 23.5 Å². The number of hydroxylamine groups is 1. The van der Waals surface area contributed by atoms with Gasteiger partial charge in [-0.3, -0.25) is 14.8 Å². The minimum absolute atomic E-state index is 0.0149. The lowest BCUT2D eigenvalue weighted by molar-refractivity contribution is -0.137. The smallest absolute Gasteiger partial charge is 0.268 e. The van der Waals surface area contributed by atoms with E-state index >= 15 is 0 Å². The summed E-state index contributed by atoms with van der Waals surface area (Å²) >= 11 is 0. The molecule has 0 saturated carbocycles. The van der Waals surface area contributed by atoms with E-state index in [9.17, 15) is 14.7 Å². The molecule has 0 spiro atoms. The molecule has 0 aliphatic carbocycles. The van der Waals surface area contributed by atoms with Crippen molar-refractivity contribution in [3.05, 3.63) is 35.4 Å². The molecule has 2 rings (SSSR count). The van der Waals surface area contributed by atoms with E-state index in [1.807, 2.05) is 0 Å². The maximum absolute atomic E-state index is 12.4. The number of carbonyl (C=O) groups excluding carboxylic acids is 2. The number of benzene rings is 1. The normalized spacial score (nSPS) is 19.1. The van der Waals surface area contributed by atoms with Crippen LogP contribution < -0.4 is 16.1 Å². The lowest BCUT2D eigenvalue weighted by Gasteiger charge is -2.30. The molecular weight excluding hydrogens is 350 g/mol. The molecule has 142 valence electrons. The first-order chi connectivity index (χ1) is 13.0. The number of rotatable bonds is 5. The van der Waals surface area contributed by atoms with Crippen LogP contribution in [0.4, 0.5) is 0 Å². The van der Waals surface area contributed by atoms with E-state index in [2.05, 4.69) is 34.3 Å². The molecule has 0 aromatic heterocycles. The van der Waals surface area contributed by atoms with Crippen molar-refractivity contribution in [1.29, 1.82) is 0 Å². The zero-order valence-corrected chi connectivity index (χ0v) is 14.6. The predicted octanol–water partition coefficient (Wildman–Crippen LogP) is -1.25. The molecule has 1 saturated heterocycles. The average molecular weight is 371 g/mol. The van der Waals surface area contributed by atoms with Crippen molar-refractivity contribution in [3.63, 3.8) is 0 Å². The van der Waals surface area contributed by atoms with Crippen molar-refractivity contribution >= 4 is 11.8 Å². The molecule has 0 unspecified atom stereocenters. The molecule has 2 amide bonds. The summed E-state index contributed by atoms with van der Waals surface area (Å²) in [5, 5.41) is 33.5. The summed E-state index contributed by atoms with van der Waals surface area (Å²) in [5.41, 5.74) is 0.919. The first-order valence-electron chi connectivity index (χ1n) is 8.38. The molecule has 6 N–H and O–H groups in total. The largest absolute Gasteiger partial charge is 0.395 e. The van der Waals surface area contributed by atoms with Gasteiger partial charge in [-0.2, -0.15) is 0 Å². The van der Waals surface area contributed by atoms with Gasteiger partial charge in [0.05, 0.1) is 6.61 Å². The zero-order valence-electron chi connectivity index (χ0n) is 14.6. The quantitative estimate of drug-likeness (QED) is 0.218. The van der Waals surface area contributed by atoms with Crippen LogP contribution in [0.2, 0.25) is 0 Å². The highest BCUT2D eigenvalue weighted by molar-refractivity contribution is 5.98. The van der Waals surface area contributed by atoms with Gasteiger partial charge in [0.25, 0.3) is 11.8 Å². The molecule has 27 heavy (non-hydrogen) atoms. The number of β-amino-alcohol motifs (C(OH)–C–C–N with tert-alkyl or cyclic N) is 1. The van der Waals surface area contributed by atoms with Gasteiger partial charge in [-0.05, 0) is 49.1 Å². The SMILES string of the molecule is O=C(N[C@H](C(=O)NO)[C@]1(O)CCNC1)c1ccc(C#CC#CCCO)cc1. The van der Waals surface area contributed by atoms with E-state index in [0.717, 1.165) is 0 Å². The lowest BCUT2D eigenvalue weighted by Crippen LogP contribution is -2.60. The van der Waals surface area contributed by atoms with Crippen molar-refractivity contribution in [3.8, 4) is 23.7 Å².